The predicted molar refractivity (Wildman–Crippen MR) is 95.1 cm³/mol. The van der Waals surface area contributed by atoms with Gasteiger partial charge in [-0.15, -0.1) is 5.10 Å². The van der Waals surface area contributed by atoms with Gasteiger partial charge in [0.2, 0.25) is 0 Å². The summed E-state index contributed by atoms with van der Waals surface area (Å²) >= 11 is 0. The van der Waals surface area contributed by atoms with Crippen molar-refractivity contribution in [2.24, 2.45) is 5.73 Å². The molecular formula is C17H15N9. The van der Waals surface area contributed by atoms with Crippen LogP contribution in [0, 0.1) is 0 Å². The Morgan fingerprint density at radius 3 is 2.96 bits per heavy atom. The van der Waals surface area contributed by atoms with Crippen molar-refractivity contribution in [3.8, 4) is 11.3 Å². The molecule has 0 fully saturated rings. The van der Waals surface area contributed by atoms with Gasteiger partial charge >= 0.3 is 0 Å². The normalized spacial score (nSPS) is 11.6. The molecule has 26 heavy (non-hydrogen) atoms. The molecule has 0 aliphatic rings. The van der Waals surface area contributed by atoms with Gasteiger partial charge in [0.15, 0.2) is 0 Å². The first-order chi connectivity index (χ1) is 12.8. The summed E-state index contributed by atoms with van der Waals surface area (Å²) < 4.78 is 3.74. The van der Waals surface area contributed by atoms with Crippen LogP contribution < -0.4 is 5.73 Å². The number of H-pyrrole nitrogens is 1. The minimum absolute atomic E-state index is 0.503. The molecule has 5 heterocycles. The molecule has 128 valence electrons. The summed E-state index contributed by atoms with van der Waals surface area (Å²) in [5, 5.41) is 16.4. The number of nitrogens with one attached hydrogen (secondary N) is 1. The average molecular weight is 345 g/mol. The molecule has 0 bridgehead atoms. The number of aromatic amines is 1. The Labute approximate surface area is 147 Å². The van der Waals surface area contributed by atoms with Crippen LogP contribution in [0.25, 0.3) is 27.8 Å². The summed E-state index contributed by atoms with van der Waals surface area (Å²) in [7, 11) is 0. The van der Waals surface area contributed by atoms with E-state index in [0.29, 0.717) is 13.1 Å². The molecule has 5 rings (SSSR count). The predicted octanol–water partition coefficient (Wildman–Crippen LogP) is 1.37. The third-order valence-electron chi connectivity index (χ3n) is 4.30. The largest absolute Gasteiger partial charge is 0.326 e. The molecule has 0 unspecified atom stereocenters. The fraction of sp³-hybridized carbons (Fsp3) is 0.118. The highest BCUT2D eigenvalue weighted by molar-refractivity contribution is 5.91. The Kier molecular flexibility index (Phi) is 3.25. The first kappa shape index (κ1) is 14.7. The van der Waals surface area contributed by atoms with Gasteiger partial charge in [-0.1, -0.05) is 11.3 Å². The zero-order valence-electron chi connectivity index (χ0n) is 13.7. The summed E-state index contributed by atoms with van der Waals surface area (Å²) in [5.74, 6) is 0. The van der Waals surface area contributed by atoms with E-state index in [-0.39, 0.29) is 0 Å². The smallest absolute Gasteiger partial charge is 0.137 e. The van der Waals surface area contributed by atoms with Crippen LogP contribution in [0.2, 0.25) is 0 Å². The topological polar surface area (TPSA) is 116 Å². The highest BCUT2D eigenvalue weighted by atomic mass is 15.4. The van der Waals surface area contributed by atoms with E-state index in [2.05, 4.69) is 30.5 Å². The summed E-state index contributed by atoms with van der Waals surface area (Å²) in [4.78, 5) is 8.84. The fourth-order valence-electron chi connectivity index (χ4n) is 3.02. The number of hydrogen-bond donors (Lipinski definition) is 2. The van der Waals surface area contributed by atoms with Crippen molar-refractivity contribution in [2.75, 3.05) is 0 Å². The van der Waals surface area contributed by atoms with Crippen molar-refractivity contribution in [3.63, 3.8) is 0 Å². The lowest BCUT2D eigenvalue weighted by molar-refractivity contribution is 0.641. The Morgan fingerprint density at radius 1 is 1.08 bits per heavy atom. The van der Waals surface area contributed by atoms with E-state index in [4.69, 9.17) is 5.73 Å². The van der Waals surface area contributed by atoms with Gasteiger partial charge in [0.05, 0.1) is 36.3 Å². The summed E-state index contributed by atoms with van der Waals surface area (Å²) in [5.41, 5.74) is 11.0. The first-order valence-electron chi connectivity index (χ1n) is 8.14. The van der Waals surface area contributed by atoms with Gasteiger partial charge in [-0.2, -0.15) is 5.10 Å². The minimum Gasteiger partial charge on any atom is -0.326 e. The van der Waals surface area contributed by atoms with Gasteiger partial charge in [-0.3, -0.25) is 10.1 Å². The van der Waals surface area contributed by atoms with E-state index in [1.807, 2.05) is 35.1 Å². The Morgan fingerprint density at radius 2 is 2.04 bits per heavy atom. The second-order valence-corrected chi connectivity index (χ2v) is 6.06. The van der Waals surface area contributed by atoms with Crippen LogP contribution in [0.4, 0.5) is 0 Å². The van der Waals surface area contributed by atoms with Crippen LogP contribution in [0.1, 0.15) is 11.3 Å². The maximum absolute atomic E-state index is 5.69. The molecule has 0 amide bonds. The van der Waals surface area contributed by atoms with Crippen molar-refractivity contribution < 1.29 is 0 Å². The molecule has 0 aliphatic carbocycles. The van der Waals surface area contributed by atoms with Crippen molar-refractivity contribution in [1.82, 2.24) is 39.6 Å². The van der Waals surface area contributed by atoms with Crippen molar-refractivity contribution in [1.29, 1.82) is 0 Å². The number of nitrogens with zero attached hydrogens (tertiary/aromatic N) is 7. The molecule has 3 N–H and O–H groups in total. The van der Waals surface area contributed by atoms with Crippen molar-refractivity contribution >= 4 is 16.6 Å². The van der Waals surface area contributed by atoms with E-state index in [1.165, 1.54) is 0 Å². The summed E-state index contributed by atoms with van der Waals surface area (Å²) in [6.07, 6.45) is 11.1. The molecule has 5 aromatic heterocycles. The molecule has 0 aromatic carbocycles. The summed E-state index contributed by atoms with van der Waals surface area (Å²) in [6, 6.07) is 3.95. The highest BCUT2D eigenvalue weighted by Gasteiger charge is 2.11. The number of pyridine rings is 2. The number of fused-ring (bicyclic) bond motifs is 2. The molecule has 0 atom stereocenters. The van der Waals surface area contributed by atoms with Gasteiger partial charge in [0.25, 0.3) is 0 Å². The molecule has 0 aliphatic heterocycles. The van der Waals surface area contributed by atoms with Crippen LogP contribution in [-0.4, -0.2) is 39.6 Å². The SMILES string of the molecule is NCc1ccc2nc(Cn3cc(-c4cncc5[nH]ncc45)nn3)cn2c1. The van der Waals surface area contributed by atoms with Gasteiger partial charge in [-0.05, 0) is 11.6 Å². The third kappa shape index (κ3) is 2.42. The molecule has 0 saturated carbocycles. The Hall–Kier alpha value is -3.59. The van der Waals surface area contributed by atoms with Crippen molar-refractivity contribution in [2.45, 2.75) is 13.1 Å². The molecular weight excluding hydrogens is 330 g/mol. The highest BCUT2D eigenvalue weighted by Crippen LogP contribution is 2.24. The maximum Gasteiger partial charge on any atom is 0.137 e. The lowest BCUT2D eigenvalue weighted by Crippen LogP contribution is -2.00. The lowest BCUT2D eigenvalue weighted by atomic mass is 10.1. The molecule has 0 saturated heterocycles. The Bertz CT molecular complexity index is 1210. The molecule has 9 heteroatoms. The first-order valence-corrected chi connectivity index (χ1v) is 8.14. The second-order valence-electron chi connectivity index (χ2n) is 6.06. The van der Waals surface area contributed by atoms with Gasteiger partial charge in [0, 0.05) is 36.1 Å². The number of hydrogen-bond acceptors (Lipinski definition) is 6. The monoisotopic (exact) mass is 345 g/mol. The minimum atomic E-state index is 0.503. The number of aromatic nitrogens is 8. The van der Waals surface area contributed by atoms with Crippen LogP contribution in [0.3, 0.4) is 0 Å². The quantitative estimate of drug-likeness (QED) is 0.508. The van der Waals surface area contributed by atoms with E-state index < -0.39 is 0 Å². The van der Waals surface area contributed by atoms with Gasteiger partial charge in [0.1, 0.15) is 11.3 Å². The average Bonchev–Trinajstić information content (AvgIpc) is 3.39. The van der Waals surface area contributed by atoms with Crippen LogP contribution in [0.5, 0.6) is 0 Å². The standard InChI is InChI=1S/C17H15N9/c18-3-11-1-2-17-21-12(8-25(17)7-11)9-26-10-16(23-24-26)13-4-19-6-15-14(13)5-20-22-15/h1-2,4-8,10H,3,9,18H2,(H,20,22). The van der Waals surface area contributed by atoms with E-state index in [1.54, 1.807) is 23.3 Å². The van der Waals surface area contributed by atoms with Crippen LogP contribution >= 0.6 is 0 Å². The van der Waals surface area contributed by atoms with Crippen molar-refractivity contribution in [3.05, 3.63) is 60.6 Å². The third-order valence-corrected chi connectivity index (χ3v) is 4.30. The number of rotatable bonds is 4. The number of nitrogens with two attached hydrogens (primary N) is 1. The lowest BCUT2D eigenvalue weighted by Gasteiger charge is -1.97. The van der Waals surface area contributed by atoms with E-state index >= 15 is 0 Å². The molecule has 0 spiro atoms. The van der Waals surface area contributed by atoms with E-state index in [9.17, 15) is 0 Å². The molecule has 9 nitrogen and oxygen atoms in total. The second kappa shape index (κ2) is 5.74. The zero-order valence-corrected chi connectivity index (χ0v) is 13.7. The molecule has 0 radical (unpaired) electrons. The fourth-order valence-corrected chi connectivity index (χ4v) is 3.02. The number of imidazole rings is 1. The summed E-state index contributed by atoms with van der Waals surface area (Å²) in [6.45, 7) is 1.03. The maximum atomic E-state index is 5.69. The Balaban J connectivity index is 1.46. The zero-order chi connectivity index (χ0) is 17.5. The van der Waals surface area contributed by atoms with Gasteiger partial charge in [-0.25, -0.2) is 9.67 Å². The van der Waals surface area contributed by atoms with Gasteiger partial charge < -0.3 is 10.1 Å². The molecule has 5 aromatic rings. The van der Waals surface area contributed by atoms with Crippen LogP contribution in [-0.2, 0) is 13.1 Å². The van der Waals surface area contributed by atoms with Crippen LogP contribution in [0.15, 0.2) is 49.3 Å². The van der Waals surface area contributed by atoms with E-state index in [0.717, 1.165) is 39.1 Å².